The third kappa shape index (κ3) is 5.32. The molecule has 0 atom stereocenters. The fourth-order valence-corrected chi connectivity index (χ4v) is 3.55. The monoisotopic (exact) mass is 426 g/mol. The molecule has 0 unspecified atom stereocenters. The highest BCUT2D eigenvalue weighted by molar-refractivity contribution is 7.89. The van der Waals surface area contributed by atoms with Gasteiger partial charge < -0.3 is 5.32 Å². The second-order valence-corrected chi connectivity index (χ2v) is 8.48. The Morgan fingerprint density at radius 1 is 0.966 bits per heavy atom. The summed E-state index contributed by atoms with van der Waals surface area (Å²) in [4.78, 5) is 12.9. The molecule has 3 aromatic rings. The minimum Gasteiger partial charge on any atom is -0.355 e. The maximum absolute atomic E-state index is 12.7. The lowest BCUT2D eigenvalue weighted by Crippen LogP contribution is -2.18. The van der Waals surface area contributed by atoms with E-state index in [4.69, 9.17) is 11.6 Å². The molecule has 0 heterocycles. The summed E-state index contributed by atoms with van der Waals surface area (Å²) in [7, 11) is -2.13. The van der Waals surface area contributed by atoms with Gasteiger partial charge in [0.05, 0.1) is 10.6 Å². The van der Waals surface area contributed by atoms with Gasteiger partial charge in [-0.2, -0.15) is 0 Å². The number of anilines is 2. The topological polar surface area (TPSA) is 75.3 Å². The van der Waals surface area contributed by atoms with E-state index >= 15 is 0 Å². The number of hydrogen-bond donors (Lipinski definition) is 2. The summed E-state index contributed by atoms with van der Waals surface area (Å²) in [5.74, 6) is -0.202. The van der Waals surface area contributed by atoms with Crippen LogP contribution in [-0.4, -0.2) is 21.2 Å². The molecule has 29 heavy (non-hydrogen) atoms. The molecule has 0 amide bonds. The summed E-state index contributed by atoms with van der Waals surface area (Å²) >= 11 is 6.10. The number of sulfonamides is 1. The molecular formula is C22H19ClN2O3S. The average molecular weight is 427 g/mol. The molecular weight excluding hydrogens is 408 g/mol. The van der Waals surface area contributed by atoms with Crippen LogP contribution in [0.15, 0.2) is 83.8 Å². The first-order valence-electron chi connectivity index (χ1n) is 8.77. The van der Waals surface area contributed by atoms with Crippen molar-refractivity contribution < 1.29 is 13.2 Å². The predicted molar refractivity (Wildman–Crippen MR) is 117 cm³/mol. The quantitative estimate of drug-likeness (QED) is 0.416. The zero-order valence-electron chi connectivity index (χ0n) is 15.6. The molecule has 0 saturated heterocycles. The molecule has 0 bridgehead atoms. The van der Waals surface area contributed by atoms with Crippen LogP contribution in [0.1, 0.15) is 15.9 Å². The Hall–Kier alpha value is -2.93. The van der Waals surface area contributed by atoms with Crippen molar-refractivity contribution in [2.45, 2.75) is 4.90 Å². The number of ketones is 1. The summed E-state index contributed by atoms with van der Waals surface area (Å²) in [5, 5.41) is 3.73. The predicted octanol–water partition coefficient (Wildman–Crippen LogP) is 4.89. The van der Waals surface area contributed by atoms with E-state index in [0.29, 0.717) is 21.8 Å². The smallest absolute Gasteiger partial charge is 0.240 e. The van der Waals surface area contributed by atoms with E-state index in [2.05, 4.69) is 10.0 Å². The van der Waals surface area contributed by atoms with Crippen LogP contribution in [0.25, 0.3) is 6.08 Å². The van der Waals surface area contributed by atoms with Crippen LogP contribution in [0.2, 0.25) is 5.02 Å². The van der Waals surface area contributed by atoms with Crippen molar-refractivity contribution in [2.75, 3.05) is 12.4 Å². The van der Waals surface area contributed by atoms with Gasteiger partial charge in [0, 0.05) is 16.3 Å². The number of para-hydroxylation sites is 1. The molecule has 0 radical (unpaired) electrons. The Labute approximate surface area is 175 Å². The summed E-state index contributed by atoms with van der Waals surface area (Å²) in [6.45, 7) is 0. The van der Waals surface area contributed by atoms with Gasteiger partial charge in [-0.05, 0) is 61.2 Å². The maximum Gasteiger partial charge on any atom is 0.240 e. The van der Waals surface area contributed by atoms with Gasteiger partial charge in [-0.15, -0.1) is 0 Å². The van der Waals surface area contributed by atoms with E-state index < -0.39 is 10.0 Å². The largest absolute Gasteiger partial charge is 0.355 e. The van der Waals surface area contributed by atoms with Crippen molar-refractivity contribution in [2.24, 2.45) is 0 Å². The van der Waals surface area contributed by atoms with Crippen molar-refractivity contribution in [3.05, 3.63) is 95.0 Å². The number of nitrogens with one attached hydrogen (secondary N) is 2. The van der Waals surface area contributed by atoms with Gasteiger partial charge in [-0.3, -0.25) is 4.79 Å². The minimum absolute atomic E-state index is 0.163. The van der Waals surface area contributed by atoms with Gasteiger partial charge in [0.15, 0.2) is 5.78 Å². The highest BCUT2D eigenvalue weighted by Crippen LogP contribution is 2.25. The van der Waals surface area contributed by atoms with Crippen LogP contribution in [0.4, 0.5) is 11.4 Å². The van der Waals surface area contributed by atoms with Crippen LogP contribution in [0, 0.1) is 0 Å². The van der Waals surface area contributed by atoms with Gasteiger partial charge in [0.25, 0.3) is 0 Å². The van der Waals surface area contributed by atoms with Crippen LogP contribution >= 0.6 is 11.6 Å². The average Bonchev–Trinajstić information content (AvgIpc) is 2.73. The fourth-order valence-electron chi connectivity index (χ4n) is 2.65. The molecule has 148 valence electrons. The second-order valence-electron chi connectivity index (χ2n) is 6.16. The SMILES string of the molecule is CNS(=O)(=O)c1ccc(/C=C/C(=O)c2ccc(Cl)cc2Nc2ccccc2)cc1. The molecule has 3 rings (SSSR count). The molecule has 7 heteroatoms. The third-order valence-electron chi connectivity index (χ3n) is 4.19. The number of halogens is 1. The zero-order valence-corrected chi connectivity index (χ0v) is 17.2. The van der Waals surface area contributed by atoms with Gasteiger partial charge in [0.2, 0.25) is 10.0 Å². The van der Waals surface area contributed by atoms with Crippen molar-refractivity contribution in [1.29, 1.82) is 0 Å². The number of allylic oxidation sites excluding steroid dienone is 1. The third-order valence-corrected chi connectivity index (χ3v) is 5.85. The molecule has 2 N–H and O–H groups in total. The highest BCUT2D eigenvalue weighted by atomic mass is 35.5. The molecule has 0 aliphatic heterocycles. The van der Waals surface area contributed by atoms with Crippen LogP contribution in [-0.2, 0) is 10.0 Å². The molecule has 0 spiro atoms. The lowest BCUT2D eigenvalue weighted by Gasteiger charge is -2.11. The normalized spacial score (nSPS) is 11.5. The van der Waals surface area contributed by atoms with E-state index in [1.807, 2.05) is 30.3 Å². The summed E-state index contributed by atoms with van der Waals surface area (Å²) in [5.41, 5.74) is 2.63. The van der Waals surface area contributed by atoms with E-state index in [9.17, 15) is 13.2 Å². The van der Waals surface area contributed by atoms with Gasteiger partial charge in [0.1, 0.15) is 0 Å². The van der Waals surface area contributed by atoms with Crippen LogP contribution < -0.4 is 10.0 Å². The Morgan fingerprint density at radius 2 is 1.66 bits per heavy atom. The van der Waals surface area contributed by atoms with Crippen molar-refractivity contribution >= 4 is 44.9 Å². The van der Waals surface area contributed by atoms with Gasteiger partial charge in [-0.25, -0.2) is 13.1 Å². The van der Waals surface area contributed by atoms with E-state index in [0.717, 1.165) is 5.69 Å². The number of carbonyl (C=O) groups is 1. The lowest BCUT2D eigenvalue weighted by atomic mass is 10.1. The Morgan fingerprint density at radius 3 is 2.31 bits per heavy atom. The number of hydrogen-bond acceptors (Lipinski definition) is 4. The Balaban J connectivity index is 1.82. The zero-order chi connectivity index (χ0) is 20.9. The first kappa shape index (κ1) is 20.8. The molecule has 0 saturated carbocycles. The molecule has 0 aliphatic rings. The Kier molecular flexibility index (Phi) is 6.49. The van der Waals surface area contributed by atoms with Crippen molar-refractivity contribution in [3.8, 4) is 0 Å². The van der Waals surface area contributed by atoms with Crippen molar-refractivity contribution in [1.82, 2.24) is 4.72 Å². The van der Waals surface area contributed by atoms with Crippen molar-refractivity contribution in [3.63, 3.8) is 0 Å². The standard InChI is InChI=1S/C22H19ClN2O3S/c1-24-29(27,28)19-11-7-16(8-12-19)9-14-22(26)20-13-10-17(23)15-21(20)25-18-5-3-2-4-6-18/h2-15,24-25H,1H3/b14-9+. The molecule has 0 aliphatic carbocycles. The molecule has 0 fully saturated rings. The first-order valence-corrected chi connectivity index (χ1v) is 10.6. The number of benzene rings is 3. The second kappa shape index (κ2) is 9.05. The van der Waals surface area contributed by atoms with Gasteiger partial charge >= 0.3 is 0 Å². The fraction of sp³-hybridized carbons (Fsp3) is 0.0455. The summed E-state index contributed by atoms with van der Waals surface area (Å²) < 4.78 is 25.8. The molecule has 3 aromatic carbocycles. The molecule has 5 nitrogen and oxygen atoms in total. The molecule has 0 aromatic heterocycles. The summed E-state index contributed by atoms with van der Waals surface area (Å²) in [6, 6.07) is 20.8. The number of rotatable bonds is 7. The number of carbonyl (C=O) groups excluding carboxylic acids is 1. The van der Waals surface area contributed by atoms with Crippen LogP contribution in [0.3, 0.4) is 0 Å². The van der Waals surface area contributed by atoms with E-state index in [1.165, 1.54) is 25.3 Å². The lowest BCUT2D eigenvalue weighted by molar-refractivity contribution is 0.104. The van der Waals surface area contributed by atoms with Crippen LogP contribution in [0.5, 0.6) is 0 Å². The van der Waals surface area contributed by atoms with Gasteiger partial charge in [-0.1, -0.05) is 48.0 Å². The Bertz CT molecular complexity index is 1140. The van der Waals surface area contributed by atoms with E-state index in [-0.39, 0.29) is 10.7 Å². The van der Waals surface area contributed by atoms with E-state index in [1.54, 1.807) is 36.4 Å². The first-order chi connectivity index (χ1) is 13.9. The maximum atomic E-state index is 12.7. The minimum atomic E-state index is -3.49. The summed E-state index contributed by atoms with van der Waals surface area (Å²) in [6.07, 6.45) is 3.08. The highest BCUT2D eigenvalue weighted by Gasteiger charge is 2.11.